The lowest BCUT2D eigenvalue weighted by atomic mass is 9.83. The third kappa shape index (κ3) is 4.84. The van der Waals surface area contributed by atoms with Crippen molar-refractivity contribution in [1.29, 1.82) is 0 Å². The van der Waals surface area contributed by atoms with E-state index in [1.54, 1.807) is 6.92 Å². The number of ketones is 1. The fourth-order valence-corrected chi connectivity index (χ4v) is 2.72. The number of benzene rings is 1. The maximum absolute atomic E-state index is 12.3. The van der Waals surface area contributed by atoms with Crippen molar-refractivity contribution in [3.8, 4) is 17.2 Å². The molecule has 1 rings (SSSR count). The molecule has 26 heavy (non-hydrogen) atoms. The molecule has 0 aliphatic carbocycles. The Labute approximate surface area is 151 Å². The molecule has 144 valence electrons. The molecule has 2 atom stereocenters. The zero-order chi connectivity index (χ0) is 19.9. The van der Waals surface area contributed by atoms with E-state index in [2.05, 4.69) is 0 Å². The van der Waals surface area contributed by atoms with Crippen molar-refractivity contribution in [3.05, 3.63) is 27.8 Å². The molecule has 9 nitrogen and oxygen atoms in total. The average molecular weight is 369 g/mol. The van der Waals surface area contributed by atoms with Crippen LogP contribution in [0.25, 0.3) is 0 Å². The largest absolute Gasteiger partial charge is 0.493 e. The second-order valence-electron chi connectivity index (χ2n) is 5.42. The zero-order valence-corrected chi connectivity index (χ0v) is 15.4. The summed E-state index contributed by atoms with van der Waals surface area (Å²) in [6, 6.07) is 2.98. The average Bonchev–Trinajstić information content (AvgIpc) is 2.59. The van der Waals surface area contributed by atoms with Gasteiger partial charge in [-0.3, -0.25) is 19.7 Å². The summed E-state index contributed by atoms with van der Waals surface area (Å²) in [6.45, 7) is 2.22. The van der Waals surface area contributed by atoms with Gasteiger partial charge < -0.3 is 18.9 Å². The molecular formula is C17H23NO8. The fraction of sp³-hybridized carbons (Fsp3) is 0.529. The molecule has 9 heteroatoms. The third-order valence-corrected chi connectivity index (χ3v) is 3.84. The van der Waals surface area contributed by atoms with Crippen molar-refractivity contribution in [1.82, 2.24) is 0 Å². The first-order chi connectivity index (χ1) is 12.3. The topological polar surface area (TPSA) is 114 Å². The van der Waals surface area contributed by atoms with E-state index in [-0.39, 0.29) is 18.1 Å². The van der Waals surface area contributed by atoms with Crippen LogP contribution in [-0.2, 0) is 14.3 Å². The first-order valence-corrected chi connectivity index (χ1v) is 7.89. The van der Waals surface area contributed by atoms with Gasteiger partial charge in [-0.2, -0.15) is 0 Å². The molecule has 0 amide bonds. The number of hydrogen-bond acceptors (Lipinski definition) is 8. The van der Waals surface area contributed by atoms with Crippen molar-refractivity contribution in [3.63, 3.8) is 0 Å². The van der Waals surface area contributed by atoms with Gasteiger partial charge in [-0.1, -0.05) is 0 Å². The van der Waals surface area contributed by atoms with Crippen LogP contribution in [0.1, 0.15) is 25.3 Å². The van der Waals surface area contributed by atoms with E-state index in [4.69, 9.17) is 18.9 Å². The number of hydrogen-bond donors (Lipinski definition) is 0. The highest BCUT2D eigenvalue weighted by Crippen LogP contribution is 2.41. The molecular weight excluding hydrogens is 346 g/mol. The molecule has 1 aromatic rings. The van der Waals surface area contributed by atoms with Crippen molar-refractivity contribution in [2.45, 2.75) is 19.8 Å². The summed E-state index contributed by atoms with van der Waals surface area (Å²) >= 11 is 0. The van der Waals surface area contributed by atoms with E-state index in [1.807, 2.05) is 0 Å². The van der Waals surface area contributed by atoms with E-state index in [1.165, 1.54) is 40.4 Å². The lowest BCUT2D eigenvalue weighted by molar-refractivity contribution is -0.484. The van der Waals surface area contributed by atoms with E-state index < -0.39 is 35.1 Å². The minimum atomic E-state index is -1.32. The van der Waals surface area contributed by atoms with Gasteiger partial charge in [0.15, 0.2) is 11.5 Å². The quantitative estimate of drug-likeness (QED) is 0.266. The molecule has 0 radical (unpaired) electrons. The molecule has 0 saturated heterocycles. The molecule has 0 spiro atoms. The summed E-state index contributed by atoms with van der Waals surface area (Å²) < 4.78 is 20.7. The number of carbonyl (C=O) groups excluding carboxylic acids is 2. The standard InChI is InChI=1S/C17H23NO8/c1-6-26-17(20)15(10(2)19)12(9-18(21)22)11-7-13(23-3)16(25-5)14(8-11)24-4/h7-8,12,15H,6,9H2,1-5H3. The number of methoxy groups -OCH3 is 3. The number of nitro groups is 1. The first kappa shape index (κ1) is 21.2. The first-order valence-electron chi connectivity index (χ1n) is 7.89. The molecule has 0 bridgehead atoms. The highest BCUT2D eigenvalue weighted by molar-refractivity contribution is 5.98. The van der Waals surface area contributed by atoms with Gasteiger partial charge in [0.1, 0.15) is 11.7 Å². The van der Waals surface area contributed by atoms with Gasteiger partial charge >= 0.3 is 5.97 Å². The zero-order valence-electron chi connectivity index (χ0n) is 15.4. The van der Waals surface area contributed by atoms with Gasteiger partial charge in [-0.25, -0.2) is 0 Å². The van der Waals surface area contributed by atoms with Crippen LogP contribution in [0, 0.1) is 16.0 Å². The maximum atomic E-state index is 12.3. The van der Waals surface area contributed by atoms with Gasteiger partial charge in [0.05, 0.1) is 33.9 Å². The van der Waals surface area contributed by atoms with Crippen LogP contribution < -0.4 is 14.2 Å². The maximum Gasteiger partial charge on any atom is 0.317 e. The highest BCUT2D eigenvalue weighted by atomic mass is 16.6. The fourth-order valence-electron chi connectivity index (χ4n) is 2.72. The lowest BCUT2D eigenvalue weighted by Crippen LogP contribution is -2.34. The summed E-state index contributed by atoms with van der Waals surface area (Å²) in [5.41, 5.74) is 0.337. The van der Waals surface area contributed by atoms with Crippen molar-refractivity contribution < 1.29 is 33.5 Å². The number of carbonyl (C=O) groups is 2. The minimum absolute atomic E-state index is 0.0586. The Kier molecular flexibility index (Phi) is 7.82. The Morgan fingerprint density at radius 3 is 2.00 bits per heavy atom. The second-order valence-corrected chi connectivity index (χ2v) is 5.42. The number of ether oxygens (including phenoxy) is 4. The number of nitrogens with zero attached hydrogens (tertiary/aromatic N) is 1. The summed E-state index contributed by atoms with van der Waals surface area (Å²) in [4.78, 5) is 34.9. The van der Waals surface area contributed by atoms with E-state index in [0.29, 0.717) is 11.3 Å². The van der Waals surface area contributed by atoms with E-state index in [9.17, 15) is 19.7 Å². The number of esters is 1. The summed E-state index contributed by atoms with van der Waals surface area (Å²) in [6.07, 6.45) is 0. The Bertz CT molecular complexity index is 648. The molecule has 0 N–H and O–H groups in total. The molecule has 0 fully saturated rings. The predicted octanol–water partition coefficient (Wildman–Crippen LogP) is 1.84. The lowest BCUT2D eigenvalue weighted by Gasteiger charge is -2.23. The van der Waals surface area contributed by atoms with E-state index >= 15 is 0 Å². The Hall–Kier alpha value is -2.84. The molecule has 0 heterocycles. The van der Waals surface area contributed by atoms with Crippen LogP contribution in [-0.4, -0.2) is 51.2 Å². The van der Waals surface area contributed by atoms with Crippen molar-refractivity contribution >= 4 is 11.8 Å². The summed E-state index contributed by atoms with van der Waals surface area (Å²) in [5.74, 6) is -2.86. The molecule has 0 aliphatic heterocycles. The number of rotatable bonds is 10. The van der Waals surface area contributed by atoms with Crippen LogP contribution >= 0.6 is 0 Å². The van der Waals surface area contributed by atoms with E-state index in [0.717, 1.165) is 0 Å². The highest BCUT2D eigenvalue weighted by Gasteiger charge is 2.39. The van der Waals surface area contributed by atoms with Crippen LogP contribution in [0.5, 0.6) is 17.2 Å². The molecule has 0 aliphatic rings. The molecule has 2 unspecified atom stereocenters. The second kappa shape index (κ2) is 9.59. The monoisotopic (exact) mass is 369 g/mol. The SMILES string of the molecule is CCOC(=O)C(C(C)=O)C(C[N+](=O)[O-])c1cc(OC)c(OC)c(OC)c1. The summed E-state index contributed by atoms with van der Waals surface area (Å²) in [7, 11) is 4.22. The van der Waals surface area contributed by atoms with Crippen LogP contribution in [0.2, 0.25) is 0 Å². The smallest absolute Gasteiger partial charge is 0.317 e. The summed E-state index contributed by atoms with van der Waals surface area (Å²) in [5, 5.41) is 11.2. The predicted molar refractivity (Wildman–Crippen MR) is 91.5 cm³/mol. The van der Waals surface area contributed by atoms with Gasteiger partial charge in [0.2, 0.25) is 12.3 Å². The van der Waals surface area contributed by atoms with Gasteiger partial charge in [0, 0.05) is 4.92 Å². The van der Waals surface area contributed by atoms with Gasteiger partial charge in [-0.05, 0) is 31.5 Å². The third-order valence-electron chi connectivity index (χ3n) is 3.84. The molecule has 1 aromatic carbocycles. The normalized spacial score (nSPS) is 12.7. The molecule has 0 aromatic heterocycles. The van der Waals surface area contributed by atoms with Crippen LogP contribution in [0.3, 0.4) is 0 Å². The Morgan fingerprint density at radius 2 is 1.65 bits per heavy atom. The van der Waals surface area contributed by atoms with Crippen molar-refractivity contribution in [2.75, 3.05) is 34.5 Å². The minimum Gasteiger partial charge on any atom is -0.493 e. The van der Waals surface area contributed by atoms with Gasteiger partial charge in [0.25, 0.3) is 0 Å². The van der Waals surface area contributed by atoms with Gasteiger partial charge in [-0.15, -0.1) is 0 Å². The molecule has 0 saturated carbocycles. The Morgan fingerprint density at radius 1 is 1.12 bits per heavy atom. The number of Topliss-reactive ketones (excluding diaryl/α,β-unsaturated/α-hetero) is 1. The van der Waals surface area contributed by atoms with Crippen LogP contribution in [0.4, 0.5) is 0 Å². The Balaban J connectivity index is 3.55. The van der Waals surface area contributed by atoms with Crippen LogP contribution in [0.15, 0.2) is 12.1 Å². The van der Waals surface area contributed by atoms with Crippen molar-refractivity contribution in [2.24, 2.45) is 5.92 Å².